The molecule has 0 aliphatic heterocycles. The van der Waals surface area contributed by atoms with Crippen molar-refractivity contribution >= 4 is 17.4 Å². The van der Waals surface area contributed by atoms with Gasteiger partial charge in [0.25, 0.3) is 0 Å². The van der Waals surface area contributed by atoms with Crippen molar-refractivity contribution in [2.45, 2.75) is 0 Å². The summed E-state index contributed by atoms with van der Waals surface area (Å²) in [5.74, 6) is -5.23. The number of halogens is 4. The van der Waals surface area contributed by atoms with Crippen molar-refractivity contribution in [3.05, 3.63) is 52.1 Å². The first-order valence-electron chi connectivity index (χ1n) is 4.78. The van der Waals surface area contributed by atoms with Gasteiger partial charge in [0, 0.05) is 12.6 Å². The van der Waals surface area contributed by atoms with Gasteiger partial charge in [0.1, 0.15) is 5.69 Å². The van der Waals surface area contributed by atoms with E-state index in [9.17, 15) is 18.0 Å². The molecule has 1 aromatic carbocycles. The molecule has 94 valence electrons. The zero-order valence-electron chi connectivity index (χ0n) is 9.05. The van der Waals surface area contributed by atoms with Crippen LogP contribution in [0.3, 0.4) is 0 Å². The van der Waals surface area contributed by atoms with E-state index in [1.54, 1.807) is 0 Å². The van der Waals surface area contributed by atoms with Gasteiger partial charge in [0.2, 0.25) is 5.78 Å². The third kappa shape index (κ3) is 1.99. The highest BCUT2D eigenvalue weighted by molar-refractivity contribution is 6.34. The number of benzene rings is 1. The van der Waals surface area contributed by atoms with Crippen molar-refractivity contribution in [2.24, 2.45) is 7.05 Å². The van der Waals surface area contributed by atoms with Crippen LogP contribution in [0.25, 0.3) is 0 Å². The second-order valence-corrected chi connectivity index (χ2v) is 3.95. The normalized spacial score (nSPS) is 10.7. The van der Waals surface area contributed by atoms with Gasteiger partial charge in [0.05, 0.1) is 11.2 Å². The van der Waals surface area contributed by atoms with Crippen molar-refractivity contribution in [2.75, 3.05) is 0 Å². The number of nitrogens with zero attached hydrogens (tertiary/aromatic N) is 2. The molecule has 0 unspecified atom stereocenters. The molecule has 0 saturated carbocycles. The lowest BCUT2D eigenvalue weighted by Crippen LogP contribution is -2.10. The van der Waals surface area contributed by atoms with Crippen molar-refractivity contribution in [3.63, 3.8) is 0 Å². The minimum absolute atomic E-state index is 0.0259. The van der Waals surface area contributed by atoms with Gasteiger partial charge in [-0.1, -0.05) is 11.6 Å². The van der Waals surface area contributed by atoms with E-state index in [0.29, 0.717) is 12.1 Å². The SMILES string of the molecule is Cn1ncc(Cl)c1C(=O)c1cc(F)c(F)c(F)c1. The molecule has 0 fully saturated rings. The molecule has 18 heavy (non-hydrogen) atoms. The zero-order chi connectivity index (χ0) is 13.4. The Morgan fingerprint density at radius 3 is 2.28 bits per heavy atom. The Labute approximate surface area is 105 Å². The number of ketones is 1. The lowest BCUT2D eigenvalue weighted by Gasteiger charge is -2.04. The molecule has 0 saturated heterocycles. The summed E-state index contributed by atoms with van der Waals surface area (Å²) < 4.78 is 40.0. The van der Waals surface area contributed by atoms with Crippen molar-refractivity contribution in [1.82, 2.24) is 9.78 Å². The molecule has 1 aromatic heterocycles. The predicted octanol–water partition coefficient (Wildman–Crippen LogP) is 2.72. The first-order valence-corrected chi connectivity index (χ1v) is 5.16. The summed E-state index contributed by atoms with van der Waals surface area (Å²) in [6, 6.07) is 1.23. The molecule has 0 spiro atoms. The zero-order valence-corrected chi connectivity index (χ0v) is 9.80. The topological polar surface area (TPSA) is 34.9 Å². The highest BCUT2D eigenvalue weighted by Crippen LogP contribution is 2.21. The number of aryl methyl sites for hydroxylation is 1. The first-order chi connectivity index (χ1) is 8.41. The Hall–Kier alpha value is -1.82. The van der Waals surface area contributed by atoms with Crippen LogP contribution in [-0.2, 0) is 7.05 Å². The second kappa shape index (κ2) is 4.45. The maximum absolute atomic E-state index is 13.0. The number of hydrogen-bond acceptors (Lipinski definition) is 2. The summed E-state index contributed by atoms with van der Waals surface area (Å²) in [6.45, 7) is 0. The summed E-state index contributed by atoms with van der Waals surface area (Å²) >= 11 is 5.73. The molecule has 2 aromatic rings. The Bertz CT molecular complexity index is 597. The molecular formula is C11H6ClF3N2O. The summed E-state index contributed by atoms with van der Waals surface area (Å²) in [6.07, 6.45) is 1.23. The van der Waals surface area contributed by atoms with Crippen molar-refractivity contribution < 1.29 is 18.0 Å². The molecule has 1 heterocycles. The smallest absolute Gasteiger partial charge is 0.212 e. The van der Waals surface area contributed by atoms with Crippen LogP contribution < -0.4 is 0 Å². The van der Waals surface area contributed by atoms with Gasteiger partial charge in [0.15, 0.2) is 17.5 Å². The molecule has 0 aliphatic rings. The Morgan fingerprint density at radius 2 is 1.83 bits per heavy atom. The Morgan fingerprint density at radius 1 is 1.28 bits per heavy atom. The third-order valence-electron chi connectivity index (χ3n) is 2.36. The highest BCUT2D eigenvalue weighted by atomic mass is 35.5. The number of carbonyl (C=O) groups is 1. The number of aromatic nitrogens is 2. The van der Waals surface area contributed by atoms with Gasteiger partial charge in [-0.15, -0.1) is 0 Å². The maximum atomic E-state index is 13.0. The highest BCUT2D eigenvalue weighted by Gasteiger charge is 2.21. The van der Waals surface area contributed by atoms with E-state index in [1.165, 1.54) is 17.9 Å². The molecule has 3 nitrogen and oxygen atoms in total. The van der Waals surface area contributed by atoms with Crippen LogP contribution in [0.15, 0.2) is 18.3 Å². The molecule has 7 heteroatoms. The fourth-order valence-corrected chi connectivity index (χ4v) is 1.74. The van der Waals surface area contributed by atoms with Gasteiger partial charge in [-0.3, -0.25) is 9.48 Å². The van der Waals surface area contributed by atoms with E-state index in [4.69, 9.17) is 11.6 Å². The van der Waals surface area contributed by atoms with Crippen LogP contribution in [0, 0.1) is 17.5 Å². The summed E-state index contributed by atoms with van der Waals surface area (Å²) in [5, 5.41) is 3.78. The molecule has 0 bridgehead atoms. The lowest BCUT2D eigenvalue weighted by molar-refractivity contribution is 0.102. The fraction of sp³-hybridized carbons (Fsp3) is 0.0909. The van der Waals surface area contributed by atoms with Crippen LogP contribution in [0.2, 0.25) is 5.02 Å². The van der Waals surface area contributed by atoms with E-state index >= 15 is 0 Å². The minimum Gasteiger partial charge on any atom is -0.287 e. The first kappa shape index (κ1) is 12.6. The average molecular weight is 275 g/mol. The minimum atomic E-state index is -1.62. The summed E-state index contributed by atoms with van der Waals surface area (Å²) in [5.41, 5.74) is -0.362. The quantitative estimate of drug-likeness (QED) is 0.623. The largest absolute Gasteiger partial charge is 0.287 e. The molecule has 0 aliphatic carbocycles. The van der Waals surface area contributed by atoms with E-state index in [0.717, 1.165) is 0 Å². The van der Waals surface area contributed by atoms with Crippen LogP contribution in [0.4, 0.5) is 13.2 Å². The van der Waals surface area contributed by atoms with Crippen molar-refractivity contribution in [3.8, 4) is 0 Å². The Kier molecular flexibility index (Phi) is 3.13. The fourth-order valence-electron chi connectivity index (χ4n) is 1.49. The molecule has 0 amide bonds. The summed E-state index contributed by atoms with van der Waals surface area (Å²) in [4.78, 5) is 12.0. The second-order valence-electron chi connectivity index (χ2n) is 3.55. The van der Waals surface area contributed by atoms with Crippen LogP contribution in [0.1, 0.15) is 16.1 Å². The van der Waals surface area contributed by atoms with E-state index < -0.39 is 23.2 Å². The van der Waals surface area contributed by atoms with Gasteiger partial charge >= 0.3 is 0 Å². The van der Waals surface area contributed by atoms with E-state index in [1.807, 2.05) is 0 Å². The van der Waals surface area contributed by atoms with Gasteiger partial charge in [-0.25, -0.2) is 13.2 Å². The van der Waals surface area contributed by atoms with Crippen molar-refractivity contribution in [1.29, 1.82) is 0 Å². The molecule has 0 N–H and O–H groups in total. The Balaban J connectivity index is 2.54. The lowest BCUT2D eigenvalue weighted by atomic mass is 10.1. The van der Waals surface area contributed by atoms with Crippen LogP contribution in [0.5, 0.6) is 0 Å². The molecular weight excluding hydrogens is 269 g/mol. The van der Waals surface area contributed by atoms with Crippen LogP contribution >= 0.6 is 11.6 Å². The van der Waals surface area contributed by atoms with Crippen LogP contribution in [-0.4, -0.2) is 15.6 Å². The number of hydrogen-bond donors (Lipinski definition) is 0. The van der Waals surface area contributed by atoms with Gasteiger partial charge in [-0.2, -0.15) is 5.10 Å². The number of rotatable bonds is 2. The van der Waals surface area contributed by atoms with E-state index in [-0.39, 0.29) is 16.3 Å². The standard InChI is InChI=1S/C11H6ClF3N2O/c1-17-10(6(12)4-16-17)11(18)5-2-7(13)9(15)8(14)3-5/h2-4H,1H3. The van der Waals surface area contributed by atoms with Gasteiger partial charge in [-0.05, 0) is 12.1 Å². The maximum Gasteiger partial charge on any atom is 0.212 e. The van der Waals surface area contributed by atoms with Gasteiger partial charge < -0.3 is 0 Å². The monoisotopic (exact) mass is 274 g/mol. The van der Waals surface area contributed by atoms with E-state index in [2.05, 4.69) is 5.10 Å². The molecule has 2 rings (SSSR count). The molecule has 0 radical (unpaired) electrons. The number of carbonyl (C=O) groups excluding carboxylic acids is 1. The predicted molar refractivity (Wildman–Crippen MR) is 58.0 cm³/mol. The average Bonchev–Trinajstić information content (AvgIpc) is 2.64. The third-order valence-corrected chi connectivity index (χ3v) is 2.63. The summed E-state index contributed by atoms with van der Waals surface area (Å²) in [7, 11) is 1.45. The molecule has 0 atom stereocenters.